The van der Waals surface area contributed by atoms with E-state index >= 15 is 0 Å². The first-order valence-corrected chi connectivity index (χ1v) is 11.3. The van der Waals surface area contributed by atoms with Crippen LogP contribution in [0, 0.1) is 6.92 Å². The first kappa shape index (κ1) is 20.6. The fourth-order valence-electron chi connectivity index (χ4n) is 3.11. The van der Waals surface area contributed by atoms with Crippen LogP contribution in [0.1, 0.15) is 22.5 Å². The number of methoxy groups -OCH3 is 1. The Morgan fingerprint density at radius 3 is 2.68 bits per heavy atom. The summed E-state index contributed by atoms with van der Waals surface area (Å²) in [5, 5.41) is 2.99. The molecule has 1 aliphatic heterocycles. The number of nitrogens with zero attached hydrogens (tertiary/aromatic N) is 3. The van der Waals surface area contributed by atoms with Crippen LogP contribution in [-0.4, -0.2) is 64.5 Å². The van der Waals surface area contributed by atoms with Crippen LogP contribution in [-0.2, 0) is 10.0 Å². The van der Waals surface area contributed by atoms with Gasteiger partial charge in [0.2, 0.25) is 10.0 Å². The highest BCUT2D eigenvalue weighted by Crippen LogP contribution is 2.26. The Kier molecular flexibility index (Phi) is 6.21. The Hall–Kier alpha value is -2.17. The van der Waals surface area contributed by atoms with E-state index in [4.69, 9.17) is 4.74 Å². The van der Waals surface area contributed by atoms with E-state index in [9.17, 15) is 13.2 Å². The van der Waals surface area contributed by atoms with Crippen molar-refractivity contribution in [3.05, 3.63) is 34.8 Å². The fourth-order valence-corrected chi connectivity index (χ4v) is 4.89. The van der Waals surface area contributed by atoms with Crippen molar-refractivity contribution in [1.82, 2.24) is 14.6 Å². The SMILES string of the molecule is CNS(=O)(=O)c1cc(C(=O)N2CCCN(c3nc(C)cs3)CC2)ccc1OC. The average Bonchev–Trinajstić information content (AvgIpc) is 2.99. The third kappa shape index (κ3) is 4.29. The standard InChI is InChI=1S/C18H24N4O4S2/c1-13-12-27-18(20-13)22-8-4-7-21(9-10-22)17(23)14-5-6-15(26-3)16(11-14)28(24,25)19-2/h5-6,11-12,19H,4,7-10H2,1-3H3. The summed E-state index contributed by atoms with van der Waals surface area (Å²) in [5.41, 5.74) is 1.32. The number of sulfonamides is 1. The van der Waals surface area contributed by atoms with E-state index in [-0.39, 0.29) is 16.6 Å². The Bertz CT molecular complexity index is 958. The monoisotopic (exact) mass is 424 g/mol. The molecule has 2 heterocycles. The molecule has 0 bridgehead atoms. The molecule has 8 nitrogen and oxygen atoms in total. The number of rotatable bonds is 5. The predicted molar refractivity (Wildman–Crippen MR) is 109 cm³/mol. The number of aryl methyl sites for hydroxylation is 1. The summed E-state index contributed by atoms with van der Waals surface area (Å²) in [4.78, 5) is 21.4. The number of hydrogen-bond donors (Lipinski definition) is 1. The Morgan fingerprint density at radius 1 is 1.25 bits per heavy atom. The molecule has 1 amide bonds. The smallest absolute Gasteiger partial charge is 0.253 e. The molecule has 28 heavy (non-hydrogen) atoms. The van der Waals surface area contributed by atoms with E-state index in [2.05, 4.69) is 14.6 Å². The molecular weight excluding hydrogens is 400 g/mol. The molecule has 1 aromatic heterocycles. The minimum atomic E-state index is -3.74. The van der Waals surface area contributed by atoms with Crippen molar-refractivity contribution >= 4 is 32.4 Å². The van der Waals surface area contributed by atoms with Crippen LogP contribution in [0.15, 0.2) is 28.5 Å². The molecular formula is C18H24N4O4S2. The Labute approximate surface area is 169 Å². The highest BCUT2D eigenvalue weighted by Gasteiger charge is 2.25. The highest BCUT2D eigenvalue weighted by atomic mass is 32.2. The quantitative estimate of drug-likeness (QED) is 0.786. The second-order valence-corrected chi connectivity index (χ2v) is 9.17. The molecule has 152 valence electrons. The first-order valence-electron chi connectivity index (χ1n) is 8.93. The molecule has 1 saturated heterocycles. The van der Waals surface area contributed by atoms with Gasteiger partial charge in [0.1, 0.15) is 10.6 Å². The number of thiazole rings is 1. The number of aromatic nitrogens is 1. The minimum absolute atomic E-state index is 0.0435. The number of hydrogen-bond acceptors (Lipinski definition) is 7. The molecule has 1 aliphatic rings. The van der Waals surface area contributed by atoms with Gasteiger partial charge in [-0.25, -0.2) is 18.1 Å². The van der Waals surface area contributed by atoms with Crippen molar-refractivity contribution < 1.29 is 17.9 Å². The Morgan fingerprint density at radius 2 is 2.04 bits per heavy atom. The molecule has 1 fully saturated rings. The van der Waals surface area contributed by atoms with Gasteiger partial charge in [0.25, 0.3) is 5.91 Å². The molecule has 0 saturated carbocycles. The number of carbonyl (C=O) groups excluding carboxylic acids is 1. The number of anilines is 1. The van der Waals surface area contributed by atoms with E-state index in [1.807, 2.05) is 12.3 Å². The van der Waals surface area contributed by atoms with Crippen molar-refractivity contribution in [3.63, 3.8) is 0 Å². The molecule has 0 unspecified atom stereocenters. The zero-order valence-corrected chi connectivity index (χ0v) is 17.8. The van der Waals surface area contributed by atoms with Gasteiger partial charge in [0.05, 0.1) is 12.8 Å². The van der Waals surface area contributed by atoms with Crippen LogP contribution >= 0.6 is 11.3 Å². The van der Waals surface area contributed by atoms with Gasteiger partial charge in [-0.15, -0.1) is 11.3 Å². The van der Waals surface area contributed by atoms with Crippen molar-refractivity contribution in [2.24, 2.45) is 0 Å². The summed E-state index contributed by atoms with van der Waals surface area (Å²) in [6, 6.07) is 4.49. The number of benzene rings is 1. The summed E-state index contributed by atoms with van der Waals surface area (Å²) in [7, 11) is -1.01. The van der Waals surface area contributed by atoms with Crippen molar-refractivity contribution in [1.29, 1.82) is 0 Å². The number of nitrogens with one attached hydrogen (secondary N) is 1. The molecule has 0 radical (unpaired) electrons. The molecule has 10 heteroatoms. The third-order valence-electron chi connectivity index (χ3n) is 4.63. The van der Waals surface area contributed by atoms with E-state index < -0.39 is 10.0 Å². The summed E-state index contributed by atoms with van der Waals surface area (Å²) >= 11 is 1.61. The predicted octanol–water partition coefficient (Wildman–Crippen LogP) is 1.72. The van der Waals surface area contributed by atoms with Crippen molar-refractivity contribution in [2.75, 3.05) is 45.2 Å². The van der Waals surface area contributed by atoms with Gasteiger partial charge in [0.15, 0.2) is 5.13 Å². The number of ether oxygens (including phenoxy) is 1. The van der Waals surface area contributed by atoms with Crippen LogP contribution in [0.4, 0.5) is 5.13 Å². The molecule has 3 rings (SSSR count). The van der Waals surface area contributed by atoms with Crippen LogP contribution in [0.2, 0.25) is 0 Å². The first-order chi connectivity index (χ1) is 13.4. The van der Waals surface area contributed by atoms with Crippen LogP contribution in [0.25, 0.3) is 0 Å². The zero-order valence-electron chi connectivity index (χ0n) is 16.1. The summed E-state index contributed by atoms with van der Waals surface area (Å²) in [6.07, 6.45) is 0.822. The third-order valence-corrected chi connectivity index (χ3v) is 7.08. The summed E-state index contributed by atoms with van der Waals surface area (Å²) in [6.45, 7) is 4.65. The largest absolute Gasteiger partial charge is 0.495 e. The number of carbonyl (C=O) groups is 1. The normalized spacial score (nSPS) is 15.4. The molecule has 0 atom stereocenters. The van der Waals surface area contributed by atoms with E-state index in [1.54, 1.807) is 22.3 Å². The maximum absolute atomic E-state index is 13.0. The second-order valence-electron chi connectivity index (χ2n) is 6.48. The molecule has 0 spiro atoms. The Balaban J connectivity index is 1.79. The van der Waals surface area contributed by atoms with Gasteiger partial charge >= 0.3 is 0 Å². The van der Waals surface area contributed by atoms with Crippen molar-refractivity contribution in [2.45, 2.75) is 18.2 Å². The van der Waals surface area contributed by atoms with Gasteiger partial charge in [-0.2, -0.15) is 0 Å². The second kappa shape index (κ2) is 8.46. The lowest BCUT2D eigenvalue weighted by Gasteiger charge is -2.22. The summed E-state index contributed by atoms with van der Waals surface area (Å²) < 4.78 is 31.9. The van der Waals surface area contributed by atoms with Gasteiger partial charge in [-0.1, -0.05) is 0 Å². The van der Waals surface area contributed by atoms with E-state index in [0.29, 0.717) is 25.2 Å². The fraction of sp³-hybridized carbons (Fsp3) is 0.444. The van der Waals surface area contributed by atoms with E-state index in [1.165, 1.54) is 26.3 Å². The zero-order chi connectivity index (χ0) is 20.3. The van der Waals surface area contributed by atoms with Gasteiger partial charge in [-0.05, 0) is 38.6 Å². The van der Waals surface area contributed by atoms with Crippen LogP contribution in [0.5, 0.6) is 5.75 Å². The summed E-state index contributed by atoms with van der Waals surface area (Å²) in [5.74, 6) is 0.0134. The van der Waals surface area contributed by atoms with Gasteiger partial charge in [0, 0.05) is 37.1 Å². The van der Waals surface area contributed by atoms with E-state index in [0.717, 1.165) is 23.8 Å². The lowest BCUT2D eigenvalue weighted by atomic mass is 10.2. The van der Waals surface area contributed by atoms with Gasteiger partial charge in [-0.3, -0.25) is 4.79 Å². The molecule has 0 aliphatic carbocycles. The van der Waals surface area contributed by atoms with Crippen molar-refractivity contribution in [3.8, 4) is 5.75 Å². The molecule has 1 aromatic carbocycles. The number of amides is 1. The lowest BCUT2D eigenvalue weighted by molar-refractivity contribution is 0.0766. The van der Waals surface area contributed by atoms with Crippen LogP contribution in [0.3, 0.4) is 0 Å². The maximum atomic E-state index is 13.0. The molecule has 2 aromatic rings. The highest BCUT2D eigenvalue weighted by molar-refractivity contribution is 7.89. The lowest BCUT2D eigenvalue weighted by Crippen LogP contribution is -2.35. The van der Waals surface area contributed by atoms with Gasteiger partial charge < -0.3 is 14.5 Å². The molecule has 1 N–H and O–H groups in total. The topological polar surface area (TPSA) is 91.8 Å². The average molecular weight is 425 g/mol. The maximum Gasteiger partial charge on any atom is 0.253 e. The van der Waals surface area contributed by atoms with Crippen LogP contribution < -0.4 is 14.4 Å². The minimum Gasteiger partial charge on any atom is -0.495 e.